The molecule has 13 heavy (non-hydrogen) atoms. The van der Waals surface area contributed by atoms with Crippen LogP contribution in [-0.2, 0) is 4.79 Å². The standard InChI is InChI=1S/C11H22O2/c1-4-6-9(2)7-5-8-11(13)10(3)12/h9,11,13H,4-8H2,1-3H3. The van der Waals surface area contributed by atoms with Gasteiger partial charge < -0.3 is 5.11 Å². The van der Waals surface area contributed by atoms with Crippen LogP contribution in [0.4, 0.5) is 0 Å². The third kappa shape index (κ3) is 6.76. The number of Topliss-reactive ketones (excluding diaryl/α,β-unsaturated/α-hetero) is 1. The lowest BCUT2D eigenvalue weighted by molar-refractivity contribution is -0.125. The molecule has 0 aliphatic heterocycles. The van der Waals surface area contributed by atoms with Crippen LogP contribution in [0.1, 0.15) is 52.9 Å². The minimum Gasteiger partial charge on any atom is -0.385 e. The van der Waals surface area contributed by atoms with Gasteiger partial charge in [-0.05, 0) is 19.3 Å². The molecule has 2 heteroatoms. The second-order valence-electron chi connectivity index (χ2n) is 3.95. The van der Waals surface area contributed by atoms with Gasteiger partial charge in [-0.25, -0.2) is 0 Å². The van der Waals surface area contributed by atoms with Crippen molar-refractivity contribution in [1.29, 1.82) is 0 Å². The van der Waals surface area contributed by atoms with E-state index in [1.807, 2.05) is 0 Å². The fourth-order valence-electron chi connectivity index (χ4n) is 1.50. The van der Waals surface area contributed by atoms with Crippen LogP contribution in [0.15, 0.2) is 0 Å². The molecule has 0 radical (unpaired) electrons. The lowest BCUT2D eigenvalue weighted by Gasteiger charge is -2.10. The number of ketones is 1. The number of carbonyl (C=O) groups is 1. The maximum Gasteiger partial charge on any atom is 0.158 e. The molecule has 0 spiro atoms. The van der Waals surface area contributed by atoms with Gasteiger partial charge in [-0.2, -0.15) is 0 Å². The Morgan fingerprint density at radius 2 is 1.92 bits per heavy atom. The SMILES string of the molecule is CCCC(C)CCCC(O)C(C)=O. The van der Waals surface area contributed by atoms with E-state index in [1.54, 1.807) is 0 Å². The molecule has 0 aromatic heterocycles. The van der Waals surface area contributed by atoms with Crippen LogP contribution in [-0.4, -0.2) is 17.0 Å². The van der Waals surface area contributed by atoms with Gasteiger partial charge in [0.25, 0.3) is 0 Å². The number of carbonyl (C=O) groups excluding carboxylic acids is 1. The van der Waals surface area contributed by atoms with E-state index in [9.17, 15) is 9.90 Å². The van der Waals surface area contributed by atoms with Crippen LogP contribution >= 0.6 is 0 Å². The summed E-state index contributed by atoms with van der Waals surface area (Å²) in [6.45, 7) is 5.85. The van der Waals surface area contributed by atoms with Crippen LogP contribution in [0.5, 0.6) is 0 Å². The second kappa shape index (κ2) is 7.07. The molecule has 0 amide bonds. The number of hydrogen-bond acceptors (Lipinski definition) is 2. The van der Waals surface area contributed by atoms with Crippen LogP contribution in [0.2, 0.25) is 0 Å². The van der Waals surface area contributed by atoms with Crippen LogP contribution in [0.25, 0.3) is 0 Å². The van der Waals surface area contributed by atoms with E-state index in [-0.39, 0.29) is 5.78 Å². The Balaban J connectivity index is 3.39. The number of aliphatic hydroxyl groups is 1. The summed E-state index contributed by atoms with van der Waals surface area (Å²) in [5.41, 5.74) is 0. The summed E-state index contributed by atoms with van der Waals surface area (Å²) in [5, 5.41) is 9.22. The summed E-state index contributed by atoms with van der Waals surface area (Å²) in [5.74, 6) is 0.618. The van der Waals surface area contributed by atoms with Crippen molar-refractivity contribution in [1.82, 2.24) is 0 Å². The summed E-state index contributed by atoms with van der Waals surface area (Å²) in [4.78, 5) is 10.7. The van der Waals surface area contributed by atoms with E-state index in [2.05, 4.69) is 13.8 Å². The second-order valence-corrected chi connectivity index (χ2v) is 3.95. The van der Waals surface area contributed by atoms with Gasteiger partial charge in [0.1, 0.15) is 6.10 Å². The van der Waals surface area contributed by atoms with Crippen LogP contribution in [0, 0.1) is 5.92 Å². The summed E-state index contributed by atoms with van der Waals surface area (Å²) in [7, 11) is 0. The van der Waals surface area contributed by atoms with Gasteiger partial charge in [0, 0.05) is 0 Å². The molecule has 0 saturated heterocycles. The molecule has 2 unspecified atom stereocenters. The Bertz CT molecular complexity index is 143. The molecule has 0 rings (SSSR count). The van der Waals surface area contributed by atoms with Crippen molar-refractivity contribution in [2.24, 2.45) is 5.92 Å². The van der Waals surface area contributed by atoms with Crippen molar-refractivity contribution in [3.63, 3.8) is 0 Å². The molecule has 0 fully saturated rings. The first-order chi connectivity index (χ1) is 6.07. The third-order valence-corrected chi connectivity index (χ3v) is 2.43. The quantitative estimate of drug-likeness (QED) is 0.663. The van der Waals surface area contributed by atoms with E-state index in [0.29, 0.717) is 6.42 Å². The Labute approximate surface area is 81.3 Å². The van der Waals surface area contributed by atoms with Gasteiger partial charge in [0.2, 0.25) is 0 Å². The molecular formula is C11H22O2. The maximum atomic E-state index is 10.7. The number of hydrogen-bond donors (Lipinski definition) is 1. The predicted molar refractivity (Wildman–Crippen MR) is 54.6 cm³/mol. The average Bonchev–Trinajstić information content (AvgIpc) is 2.04. The summed E-state index contributed by atoms with van der Waals surface area (Å²) < 4.78 is 0. The van der Waals surface area contributed by atoms with Crippen molar-refractivity contribution in [3.05, 3.63) is 0 Å². The molecule has 2 nitrogen and oxygen atoms in total. The van der Waals surface area contributed by atoms with Crippen molar-refractivity contribution in [3.8, 4) is 0 Å². The van der Waals surface area contributed by atoms with Gasteiger partial charge in [-0.1, -0.05) is 39.5 Å². The molecule has 0 aliphatic rings. The molecule has 0 aliphatic carbocycles. The zero-order chi connectivity index (χ0) is 10.3. The van der Waals surface area contributed by atoms with E-state index < -0.39 is 6.10 Å². The normalized spacial score (nSPS) is 15.4. The average molecular weight is 186 g/mol. The Morgan fingerprint density at radius 1 is 1.31 bits per heavy atom. The van der Waals surface area contributed by atoms with E-state index in [0.717, 1.165) is 18.8 Å². The van der Waals surface area contributed by atoms with Crippen molar-refractivity contribution in [2.75, 3.05) is 0 Å². The van der Waals surface area contributed by atoms with E-state index in [4.69, 9.17) is 0 Å². The highest BCUT2D eigenvalue weighted by Gasteiger charge is 2.09. The number of aliphatic hydroxyl groups excluding tert-OH is 1. The largest absolute Gasteiger partial charge is 0.385 e. The predicted octanol–water partition coefficient (Wildman–Crippen LogP) is 2.54. The molecule has 0 aromatic carbocycles. The first-order valence-corrected chi connectivity index (χ1v) is 5.26. The molecule has 0 bridgehead atoms. The summed E-state index contributed by atoms with van der Waals surface area (Å²) >= 11 is 0. The lowest BCUT2D eigenvalue weighted by Crippen LogP contribution is -2.16. The monoisotopic (exact) mass is 186 g/mol. The maximum absolute atomic E-state index is 10.7. The highest BCUT2D eigenvalue weighted by atomic mass is 16.3. The zero-order valence-corrected chi connectivity index (χ0v) is 9.05. The first-order valence-electron chi connectivity index (χ1n) is 5.26. The molecule has 78 valence electrons. The molecular weight excluding hydrogens is 164 g/mol. The van der Waals surface area contributed by atoms with Gasteiger partial charge in [0.05, 0.1) is 0 Å². The Hall–Kier alpha value is -0.370. The lowest BCUT2D eigenvalue weighted by atomic mass is 9.97. The highest BCUT2D eigenvalue weighted by molar-refractivity contribution is 5.79. The van der Waals surface area contributed by atoms with Crippen LogP contribution in [0.3, 0.4) is 0 Å². The molecule has 0 aromatic rings. The van der Waals surface area contributed by atoms with E-state index >= 15 is 0 Å². The first kappa shape index (κ1) is 12.6. The summed E-state index contributed by atoms with van der Waals surface area (Å²) in [6.07, 6.45) is 4.45. The van der Waals surface area contributed by atoms with Gasteiger partial charge in [0.15, 0.2) is 5.78 Å². The van der Waals surface area contributed by atoms with Gasteiger partial charge in [-0.15, -0.1) is 0 Å². The molecule has 2 atom stereocenters. The number of rotatable bonds is 7. The van der Waals surface area contributed by atoms with Crippen molar-refractivity contribution >= 4 is 5.78 Å². The fraction of sp³-hybridized carbons (Fsp3) is 0.909. The molecule has 0 heterocycles. The summed E-state index contributed by atoms with van der Waals surface area (Å²) in [6, 6.07) is 0. The topological polar surface area (TPSA) is 37.3 Å². The van der Waals surface area contributed by atoms with Crippen LogP contribution < -0.4 is 0 Å². The Morgan fingerprint density at radius 3 is 2.38 bits per heavy atom. The van der Waals surface area contributed by atoms with Crippen molar-refractivity contribution in [2.45, 2.75) is 59.0 Å². The van der Waals surface area contributed by atoms with Gasteiger partial charge >= 0.3 is 0 Å². The highest BCUT2D eigenvalue weighted by Crippen LogP contribution is 2.14. The minimum absolute atomic E-state index is 0.108. The van der Waals surface area contributed by atoms with Crippen molar-refractivity contribution < 1.29 is 9.90 Å². The fourth-order valence-corrected chi connectivity index (χ4v) is 1.50. The third-order valence-electron chi connectivity index (χ3n) is 2.43. The molecule has 1 N–H and O–H groups in total. The van der Waals surface area contributed by atoms with E-state index in [1.165, 1.54) is 19.8 Å². The Kier molecular flexibility index (Phi) is 6.87. The zero-order valence-electron chi connectivity index (χ0n) is 9.05. The van der Waals surface area contributed by atoms with Gasteiger partial charge in [-0.3, -0.25) is 4.79 Å². The molecule has 0 saturated carbocycles. The smallest absolute Gasteiger partial charge is 0.158 e. The minimum atomic E-state index is -0.728.